The van der Waals surface area contributed by atoms with Gasteiger partial charge in [-0.15, -0.1) is 0 Å². The van der Waals surface area contributed by atoms with Crippen LogP contribution < -0.4 is 0 Å². The molecule has 1 aliphatic rings. The zero-order valence-corrected chi connectivity index (χ0v) is 14.8. The molecule has 0 bridgehead atoms. The summed E-state index contributed by atoms with van der Waals surface area (Å²) >= 11 is 0. The van der Waals surface area contributed by atoms with E-state index >= 15 is 0 Å². The summed E-state index contributed by atoms with van der Waals surface area (Å²) in [7, 11) is 0. The van der Waals surface area contributed by atoms with E-state index in [4.69, 9.17) is 0 Å². The zero-order valence-electron chi connectivity index (χ0n) is 14.8. The number of ketones is 2. The van der Waals surface area contributed by atoms with Crippen LogP contribution in [0.3, 0.4) is 0 Å². The Labute approximate surface area is 150 Å². The average Bonchev–Trinajstić information content (AvgIpc) is 2.78. The average molecular weight is 332 g/mol. The smallest absolute Gasteiger partial charge is 0.152 e. The van der Waals surface area contributed by atoms with Gasteiger partial charge >= 0.3 is 0 Å². The predicted octanol–water partition coefficient (Wildman–Crippen LogP) is 5.31. The molecule has 25 heavy (non-hydrogen) atoms. The van der Waals surface area contributed by atoms with Crippen LogP contribution in [-0.2, 0) is 9.59 Å². The van der Waals surface area contributed by atoms with E-state index in [2.05, 4.69) is 24.3 Å². The molecule has 0 aromatic rings. The van der Waals surface area contributed by atoms with Crippen LogP contribution in [0.1, 0.15) is 20.3 Å². The molecule has 0 N–H and O–H groups in total. The first kappa shape index (κ1) is 20.0. The lowest BCUT2D eigenvalue weighted by atomic mass is 10.0. The van der Waals surface area contributed by atoms with Crippen LogP contribution in [0, 0.1) is 0 Å². The molecule has 0 amide bonds. The van der Waals surface area contributed by atoms with Gasteiger partial charge in [-0.1, -0.05) is 85.1 Å². The highest BCUT2D eigenvalue weighted by molar-refractivity contribution is 5.87. The van der Waals surface area contributed by atoms with Crippen molar-refractivity contribution in [1.29, 1.82) is 0 Å². The highest BCUT2D eigenvalue weighted by atomic mass is 16.1. The molecule has 2 heteroatoms. The zero-order chi connectivity index (χ0) is 18.3. The molecule has 0 saturated carbocycles. The molecule has 0 spiro atoms. The second-order valence-electron chi connectivity index (χ2n) is 5.47. The topological polar surface area (TPSA) is 34.1 Å². The first-order valence-corrected chi connectivity index (χ1v) is 8.18. The monoisotopic (exact) mass is 332 g/mol. The van der Waals surface area contributed by atoms with Gasteiger partial charge in [-0.2, -0.15) is 0 Å². The van der Waals surface area contributed by atoms with Gasteiger partial charge < -0.3 is 0 Å². The van der Waals surface area contributed by atoms with Crippen molar-refractivity contribution in [2.45, 2.75) is 20.3 Å². The maximum atomic E-state index is 10.8. The largest absolute Gasteiger partial charge is 0.295 e. The first-order valence-electron chi connectivity index (χ1n) is 8.18. The number of carbonyl (C=O) groups is 2. The van der Waals surface area contributed by atoms with Crippen molar-refractivity contribution in [1.82, 2.24) is 0 Å². The lowest BCUT2D eigenvalue weighted by Crippen LogP contribution is -1.81. The summed E-state index contributed by atoms with van der Waals surface area (Å²) in [5, 5.41) is 0. The van der Waals surface area contributed by atoms with E-state index < -0.39 is 0 Å². The van der Waals surface area contributed by atoms with E-state index in [9.17, 15) is 9.59 Å². The minimum atomic E-state index is 0.0395. The van der Waals surface area contributed by atoms with Crippen LogP contribution >= 0.6 is 0 Å². The first-order chi connectivity index (χ1) is 12.1. The summed E-state index contributed by atoms with van der Waals surface area (Å²) in [4.78, 5) is 21.6. The third kappa shape index (κ3) is 11.2. The molecular formula is C23H24O2. The molecule has 128 valence electrons. The fourth-order valence-corrected chi connectivity index (χ4v) is 1.94. The van der Waals surface area contributed by atoms with Crippen LogP contribution in [0.2, 0.25) is 0 Å². The van der Waals surface area contributed by atoms with E-state index in [1.807, 2.05) is 48.6 Å². The van der Waals surface area contributed by atoms with Gasteiger partial charge in [-0.05, 0) is 43.6 Å². The summed E-state index contributed by atoms with van der Waals surface area (Å²) in [6, 6.07) is 0. The van der Waals surface area contributed by atoms with Crippen LogP contribution in [0.25, 0.3) is 0 Å². The van der Waals surface area contributed by atoms with Gasteiger partial charge in [0.05, 0.1) is 0 Å². The van der Waals surface area contributed by atoms with Gasteiger partial charge in [0.25, 0.3) is 0 Å². The van der Waals surface area contributed by atoms with Gasteiger partial charge in [-0.3, -0.25) is 9.59 Å². The molecule has 0 aromatic heterocycles. The van der Waals surface area contributed by atoms with Crippen molar-refractivity contribution in [2.24, 2.45) is 0 Å². The Morgan fingerprint density at radius 3 is 1.48 bits per heavy atom. The molecule has 0 saturated heterocycles. The normalized spacial score (nSPS) is 15.9. The lowest BCUT2D eigenvalue weighted by Gasteiger charge is -2.00. The van der Waals surface area contributed by atoms with Crippen molar-refractivity contribution in [3.63, 3.8) is 0 Å². The lowest BCUT2D eigenvalue weighted by molar-refractivity contribution is -0.113. The number of rotatable bonds is 8. The fraction of sp³-hybridized carbons (Fsp3) is 0.130. The van der Waals surface area contributed by atoms with E-state index in [1.165, 1.54) is 37.1 Å². The molecule has 0 aromatic carbocycles. The number of hydrogen-bond acceptors (Lipinski definition) is 2. The fourth-order valence-electron chi connectivity index (χ4n) is 1.94. The summed E-state index contributed by atoms with van der Waals surface area (Å²) in [5.74, 6) is 0.0790. The van der Waals surface area contributed by atoms with Crippen LogP contribution in [0.15, 0.2) is 108 Å². The summed E-state index contributed by atoms with van der Waals surface area (Å²) in [6.45, 7) is 3.05. The number of allylic oxidation sites excluding steroid dienone is 18. The van der Waals surface area contributed by atoms with Crippen molar-refractivity contribution in [2.75, 3.05) is 0 Å². The van der Waals surface area contributed by atoms with Gasteiger partial charge in [0.15, 0.2) is 11.6 Å². The predicted molar refractivity (Wildman–Crippen MR) is 106 cm³/mol. The molecular weight excluding hydrogens is 308 g/mol. The van der Waals surface area contributed by atoms with Crippen LogP contribution in [-0.4, -0.2) is 11.6 Å². The Morgan fingerprint density at radius 1 is 0.680 bits per heavy atom. The Hall–Kier alpha value is -3.00. The van der Waals surface area contributed by atoms with Crippen molar-refractivity contribution in [3.05, 3.63) is 108 Å². The van der Waals surface area contributed by atoms with Gasteiger partial charge in [0.1, 0.15) is 0 Å². The van der Waals surface area contributed by atoms with E-state index in [0.717, 1.165) is 6.42 Å². The molecule has 0 heterocycles. The number of carbonyl (C=O) groups excluding carboxylic acids is 2. The highest BCUT2D eigenvalue weighted by Gasteiger charge is 1.97. The molecule has 0 radical (unpaired) electrons. The molecule has 0 atom stereocenters. The van der Waals surface area contributed by atoms with E-state index in [1.54, 1.807) is 12.2 Å². The molecule has 1 aliphatic carbocycles. The summed E-state index contributed by atoms with van der Waals surface area (Å²) < 4.78 is 0. The maximum absolute atomic E-state index is 10.8. The molecule has 0 aliphatic heterocycles. The molecule has 0 fully saturated rings. The number of hydrogen-bond donors (Lipinski definition) is 0. The van der Waals surface area contributed by atoms with E-state index in [0.29, 0.717) is 0 Å². The minimum absolute atomic E-state index is 0.0395. The third-order valence-electron chi connectivity index (χ3n) is 3.09. The van der Waals surface area contributed by atoms with Crippen molar-refractivity contribution in [3.8, 4) is 0 Å². The quantitative estimate of drug-likeness (QED) is 0.445. The molecule has 2 nitrogen and oxygen atoms in total. The Bertz CT molecular complexity index is 668. The third-order valence-corrected chi connectivity index (χ3v) is 3.09. The molecule has 1 rings (SSSR count). The second kappa shape index (κ2) is 12.4. The van der Waals surface area contributed by atoms with Gasteiger partial charge in [-0.25, -0.2) is 0 Å². The van der Waals surface area contributed by atoms with Gasteiger partial charge in [0, 0.05) is 0 Å². The summed E-state index contributed by atoms with van der Waals surface area (Å²) in [6.07, 6.45) is 31.1. The van der Waals surface area contributed by atoms with Crippen LogP contribution in [0.4, 0.5) is 0 Å². The second-order valence-corrected chi connectivity index (χ2v) is 5.47. The van der Waals surface area contributed by atoms with Crippen molar-refractivity contribution >= 4 is 11.6 Å². The summed E-state index contributed by atoms with van der Waals surface area (Å²) in [5.41, 5.74) is 2.40. The van der Waals surface area contributed by atoms with Gasteiger partial charge in [0.2, 0.25) is 0 Å². The molecule has 0 unspecified atom stereocenters. The Balaban J connectivity index is 2.57. The Kier molecular flexibility index (Phi) is 9.96. The van der Waals surface area contributed by atoms with Crippen molar-refractivity contribution < 1.29 is 9.59 Å². The minimum Gasteiger partial charge on any atom is -0.295 e. The maximum Gasteiger partial charge on any atom is 0.152 e. The Morgan fingerprint density at radius 2 is 1.08 bits per heavy atom. The standard InChI is InChI=1S/C23H24O2/c1-20(24)13-7-3-5-9-15-22-17-11-12-18-23(19-22)16-10-6-4-8-14-21(2)25/h3-18H,19H2,1-2H3/b5-3+,6-4+,13-7+,14-8+,15-9+,16-10+. The highest BCUT2D eigenvalue weighted by Crippen LogP contribution is 2.17. The van der Waals surface area contributed by atoms with Crippen LogP contribution in [0.5, 0.6) is 0 Å². The van der Waals surface area contributed by atoms with E-state index in [-0.39, 0.29) is 11.6 Å². The SMILES string of the molecule is CC(=O)/C=C/C=C/C=C/C1=CC=CC=C(/C=C/C=C/C=C/C(C)=O)C1.